The molecule has 1 saturated heterocycles. The number of amides is 3. The van der Waals surface area contributed by atoms with Crippen LogP contribution in [0.3, 0.4) is 0 Å². The van der Waals surface area contributed by atoms with Crippen molar-refractivity contribution in [1.29, 1.82) is 0 Å². The SMILES string of the molecule is C[C@]12C=CC(=O)C=C1CC[C@@H]1[C@@H]2[C@@H](O)C[C@@]2(C)[C@H]1C[C@H]1O[C@@H](c3ccc(CC45CC(NC(=O)[C@H](CCCCN)NC(=O)CNC(=O)CBr)(C4)C5)cc3)O[C@]12C(=O)CO. The van der Waals surface area contributed by atoms with Crippen LogP contribution in [0.25, 0.3) is 0 Å². The summed E-state index contributed by atoms with van der Waals surface area (Å²) in [6.07, 6.45) is 10.9. The maximum atomic E-state index is 13.9. The highest BCUT2D eigenvalue weighted by molar-refractivity contribution is 9.09. The van der Waals surface area contributed by atoms with Crippen molar-refractivity contribution in [1.82, 2.24) is 16.0 Å². The average molecular weight is 866 g/mol. The van der Waals surface area contributed by atoms with Gasteiger partial charge in [0.15, 0.2) is 23.5 Å². The number of fused-ring (bicyclic) bond motifs is 7. The van der Waals surface area contributed by atoms with Crippen LogP contribution < -0.4 is 21.7 Å². The number of aliphatic hydroxyl groups excluding tert-OH is 2. The van der Waals surface area contributed by atoms with Gasteiger partial charge in [-0.1, -0.05) is 65.7 Å². The summed E-state index contributed by atoms with van der Waals surface area (Å²) in [7, 11) is 0. The molecule has 1 heterocycles. The molecule has 3 amide bonds. The molecule has 2 bridgehead atoms. The van der Waals surface area contributed by atoms with E-state index >= 15 is 0 Å². The lowest BCUT2D eigenvalue weighted by atomic mass is 9.38. The molecule has 0 radical (unpaired) electrons. The summed E-state index contributed by atoms with van der Waals surface area (Å²) in [6, 6.07) is 7.38. The van der Waals surface area contributed by atoms with Crippen LogP contribution in [0, 0.1) is 34.0 Å². The van der Waals surface area contributed by atoms with Crippen LogP contribution in [0.4, 0.5) is 0 Å². The van der Waals surface area contributed by atoms with Crippen LogP contribution >= 0.6 is 15.9 Å². The van der Waals surface area contributed by atoms with Crippen molar-refractivity contribution in [2.45, 2.75) is 120 Å². The Morgan fingerprint density at radius 3 is 2.50 bits per heavy atom. The molecule has 314 valence electrons. The average Bonchev–Trinajstić information content (AvgIpc) is 3.68. The molecule has 6 saturated carbocycles. The van der Waals surface area contributed by atoms with Gasteiger partial charge in [0.2, 0.25) is 17.7 Å². The number of allylic oxidation sites excluding steroid dienone is 4. The second-order valence-corrected chi connectivity index (χ2v) is 19.4. The highest BCUT2D eigenvalue weighted by Crippen LogP contribution is 2.71. The van der Waals surface area contributed by atoms with Gasteiger partial charge >= 0.3 is 0 Å². The van der Waals surface area contributed by atoms with Gasteiger partial charge in [-0.05, 0) is 112 Å². The minimum absolute atomic E-state index is 0.0154. The zero-order chi connectivity index (χ0) is 41.3. The van der Waals surface area contributed by atoms with Crippen molar-refractivity contribution in [2.24, 2.45) is 39.7 Å². The fourth-order valence-electron chi connectivity index (χ4n) is 13.0. The van der Waals surface area contributed by atoms with E-state index in [4.69, 9.17) is 15.2 Å². The van der Waals surface area contributed by atoms with Gasteiger partial charge < -0.3 is 41.4 Å². The number of carbonyl (C=O) groups excluding carboxylic acids is 5. The lowest BCUT2D eigenvalue weighted by molar-refractivity contribution is -0.201. The maximum absolute atomic E-state index is 13.9. The molecule has 14 heteroatoms. The van der Waals surface area contributed by atoms with Crippen molar-refractivity contribution in [3.05, 3.63) is 59.2 Å². The molecule has 7 fully saturated rings. The maximum Gasteiger partial charge on any atom is 0.243 e. The molecule has 10 atom stereocenters. The van der Waals surface area contributed by atoms with Gasteiger partial charge in [-0.2, -0.15) is 0 Å². The monoisotopic (exact) mass is 864 g/mol. The van der Waals surface area contributed by atoms with E-state index in [1.165, 1.54) is 0 Å². The predicted octanol–water partition coefficient (Wildman–Crippen LogP) is 3.00. The molecule has 58 heavy (non-hydrogen) atoms. The van der Waals surface area contributed by atoms with Gasteiger partial charge in [0, 0.05) is 27.9 Å². The number of nitrogens with two attached hydrogens (primary N) is 1. The number of Topliss-reactive ketones (excluding diaryl/α,β-unsaturated/α-hetero) is 1. The Morgan fingerprint density at radius 1 is 1.07 bits per heavy atom. The van der Waals surface area contributed by atoms with E-state index in [2.05, 4.69) is 50.9 Å². The number of benzene rings is 1. The largest absolute Gasteiger partial charge is 0.393 e. The van der Waals surface area contributed by atoms with Crippen LogP contribution in [-0.2, 0) is 39.9 Å². The number of aliphatic hydroxyl groups is 2. The minimum atomic E-state index is -1.41. The summed E-state index contributed by atoms with van der Waals surface area (Å²) in [5, 5.41) is 30.9. The summed E-state index contributed by atoms with van der Waals surface area (Å²) in [6.45, 7) is 3.77. The first-order valence-electron chi connectivity index (χ1n) is 21.0. The quantitative estimate of drug-likeness (QED) is 0.112. The number of carbonyl (C=O) groups is 5. The molecule has 0 spiro atoms. The second-order valence-electron chi connectivity index (χ2n) is 18.9. The van der Waals surface area contributed by atoms with Crippen molar-refractivity contribution >= 4 is 45.2 Å². The number of ether oxygens (including phenoxy) is 2. The van der Waals surface area contributed by atoms with Gasteiger partial charge in [0.1, 0.15) is 12.6 Å². The number of alkyl halides is 1. The van der Waals surface area contributed by atoms with E-state index in [0.29, 0.717) is 32.2 Å². The summed E-state index contributed by atoms with van der Waals surface area (Å²) in [5.41, 5.74) is 5.85. The number of hydrogen-bond acceptors (Lipinski definition) is 10. The zero-order valence-electron chi connectivity index (χ0n) is 33.4. The molecular formula is C44H57BrN4O9. The van der Waals surface area contributed by atoms with Crippen LogP contribution in [-0.4, -0.2) is 93.9 Å². The first kappa shape index (κ1) is 41.5. The third-order valence-electron chi connectivity index (χ3n) is 15.3. The molecule has 1 aromatic rings. The van der Waals surface area contributed by atoms with Gasteiger partial charge in [-0.25, -0.2) is 0 Å². The topological polar surface area (TPSA) is 206 Å². The molecule has 8 aliphatic rings. The summed E-state index contributed by atoms with van der Waals surface area (Å²) in [5.74, 6) is -1.36. The number of halogens is 1. The van der Waals surface area contributed by atoms with E-state index in [-0.39, 0.29) is 58.2 Å². The first-order valence-corrected chi connectivity index (χ1v) is 22.1. The van der Waals surface area contributed by atoms with Crippen molar-refractivity contribution in [3.8, 4) is 0 Å². The Bertz CT molecular complexity index is 1900. The Morgan fingerprint density at radius 2 is 1.81 bits per heavy atom. The third-order valence-corrected chi connectivity index (χ3v) is 15.8. The predicted molar refractivity (Wildman–Crippen MR) is 216 cm³/mol. The molecule has 1 aliphatic heterocycles. The normalized spacial score (nSPS) is 39.4. The number of rotatable bonds is 15. The molecule has 9 rings (SSSR count). The fourth-order valence-corrected chi connectivity index (χ4v) is 13.2. The number of unbranched alkanes of at least 4 members (excludes halogenated alkanes) is 1. The Kier molecular flexibility index (Phi) is 11.0. The molecule has 0 unspecified atom stereocenters. The lowest BCUT2D eigenvalue weighted by Crippen LogP contribution is -2.76. The lowest BCUT2D eigenvalue weighted by Gasteiger charge is -2.71. The Hall–Kier alpha value is -3.27. The third kappa shape index (κ3) is 6.74. The van der Waals surface area contributed by atoms with E-state index in [0.717, 1.165) is 61.6 Å². The van der Waals surface area contributed by atoms with Crippen molar-refractivity contribution in [3.63, 3.8) is 0 Å². The summed E-state index contributed by atoms with van der Waals surface area (Å²) >= 11 is 3.06. The zero-order valence-corrected chi connectivity index (χ0v) is 35.0. The van der Waals surface area contributed by atoms with Crippen LogP contribution in [0.15, 0.2) is 48.1 Å². The van der Waals surface area contributed by atoms with Crippen molar-refractivity contribution < 1.29 is 43.7 Å². The Labute approximate surface area is 347 Å². The van der Waals surface area contributed by atoms with Crippen LogP contribution in [0.2, 0.25) is 0 Å². The Balaban J connectivity index is 0.897. The fraction of sp³-hybridized carbons (Fsp3) is 0.659. The second kappa shape index (κ2) is 15.3. The molecule has 0 aromatic heterocycles. The smallest absolute Gasteiger partial charge is 0.243 e. The van der Waals surface area contributed by atoms with Gasteiger partial charge in [0.25, 0.3) is 0 Å². The van der Waals surface area contributed by atoms with E-state index in [1.807, 2.05) is 25.1 Å². The minimum Gasteiger partial charge on any atom is -0.393 e. The van der Waals surface area contributed by atoms with Crippen LogP contribution in [0.5, 0.6) is 0 Å². The van der Waals surface area contributed by atoms with E-state index in [1.54, 1.807) is 12.2 Å². The van der Waals surface area contributed by atoms with E-state index in [9.17, 15) is 34.2 Å². The highest BCUT2D eigenvalue weighted by atomic mass is 79.9. The number of nitrogens with one attached hydrogen (secondary N) is 3. The summed E-state index contributed by atoms with van der Waals surface area (Å²) < 4.78 is 13.4. The first-order chi connectivity index (χ1) is 27.6. The molecule has 7 N–H and O–H groups in total. The molecule has 7 aliphatic carbocycles. The highest BCUT2D eigenvalue weighted by Gasteiger charge is 2.76. The van der Waals surface area contributed by atoms with Gasteiger partial charge in [-0.15, -0.1) is 0 Å². The number of hydrogen-bond donors (Lipinski definition) is 6. The van der Waals surface area contributed by atoms with Crippen LogP contribution in [0.1, 0.15) is 95.5 Å². The summed E-state index contributed by atoms with van der Waals surface area (Å²) in [4.78, 5) is 63.7. The number of ketones is 2. The molecular weight excluding hydrogens is 808 g/mol. The van der Waals surface area contributed by atoms with Crippen molar-refractivity contribution in [2.75, 3.05) is 25.0 Å². The van der Waals surface area contributed by atoms with E-state index < -0.39 is 59.3 Å². The standard InChI is InChI=1S/C44H57BrN4O9/c1-40-13-12-28(51)15-27(40)10-11-29-30-16-34-44(33(53)21-50,41(30,2)18-32(52)37(29)40)58-39(57-34)26-8-6-25(7-9-26)17-42-22-43(23-42,24-42)49-38(56)31(5-3-4-14-46)48-36(55)20-47-35(54)19-45/h6-9,12-13,15,29-32,34,37,39,50,52H,3-5,10-11,14,16-24,46H2,1-2H3,(H,47,54)(H,48,55)(H,49,56)/t29-,30-,31-,32-,34+,37+,39+,40-,41-,42?,43?,44+/m0/s1. The molecule has 1 aromatic carbocycles. The van der Waals surface area contributed by atoms with Gasteiger partial charge in [0.05, 0.1) is 24.1 Å². The molecule has 13 nitrogen and oxygen atoms in total. The van der Waals surface area contributed by atoms with Gasteiger partial charge in [-0.3, -0.25) is 24.0 Å².